The molecule has 0 radical (unpaired) electrons. The van der Waals surface area contributed by atoms with Gasteiger partial charge in [-0.25, -0.2) is 0 Å². The van der Waals surface area contributed by atoms with Crippen LogP contribution in [-0.2, 0) is 4.79 Å². The van der Waals surface area contributed by atoms with Crippen LogP contribution in [0.1, 0.15) is 43.2 Å². The molecule has 3 rings (SSSR count). The highest BCUT2D eigenvalue weighted by molar-refractivity contribution is 6.01. The summed E-state index contributed by atoms with van der Waals surface area (Å²) in [7, 11) is 2.08. The van der Waals surface area contributed by atoms with E-state index in [1.807, 2.05) is 43.9 Å². The van der Waals surface area contributed by atoms with E-state index in [2.05, 4.69) is 30.1 Å². The highest BCUT2D eigenvalue weighted by Crippen LogP contribution is 2.36. The molecule has 0 bridgehead atoms. The van der Waals surface area contributed by atoms with Crippen LogP contribution >= 0.6 is 0 Å². The number of amides is 1. The van der Waals surface area contributed by atoms with Crippen molar-refractivity contribution in [1.29, 1.82) is 0 Å². The second-order valence-corrected chi connectivity index (χ2v) is 6.72. The van der Waals surface area contributed by atoms with Gasteiger partial charge < -0.3 is 14.3 Å². The molecule has 0 spiro atoms. The summed E-state index contributed by atoms with van der Waals surface area (Å²) in [5, 5.41) is 4.00. The lowest BCUT2D eigenvalue weighted by Gasteiger charge is -2.31. The lowest BCUT2D eigenvalue weighted by molar-refractivity contribution is -0.120. The molecule has 5 nitrogen and oxygen atoms in total. The molecular weight excluding hydrogens is 302 g/mol. The summed E-state index contributed by atoms with van der Waals surface area (Å²) in [6.07, 6.45) is 0.936. The van der Waals surface area contributed by atoms with Crippen LogP contribution in [0.4, 0.5) is 11.4 Å². The van der Waals surface area contributed by atoms with E-state index in [0.29, 0.717) is 0 Å². The molecule has 1 aliphatic rings. The van der Waals surface area contributed by atoms with E-state index >= 15 is 0 Å². The van der Waals surface area contributed by atoms with Crippen LogP contribution in [0.2, 0.25) is 0 Å². The van der Waals surface area contributed by atoms with Gasteiger partial charge >= 0.3 is 0 Å². The highest BCUT2D eigenvalue weighted by atomic mass is 16.5. The average molecular weight is 327 g/mol. The molecule has 5 heteroatoms. The number of aromatic nitrogens is 1. The minimum atomic E-state index is -0.282. The van der Waals surface area contributed by atoms with E-state index in [1.54, 1.807) is 0 Å². The van der Waals surface area contributed by atoms with Crippen molar-refractivity contribution in [2.24, 2.45) is 0 Å². The quantitative estimate of drug-likeness (QED) is 0.845. The number of hydrogen-bond acceptors (Lipinski definition) is 4. The summed E-state index contributed by atoms with van der Waals surface area (Å²) >= 11 is 0. The molecule has 128 valence electrons. The van der Waals surface area contributed by atoms with E-state index in [4.69, 9.17) is 4.52 Å². The van der Waals surface area contributed by atoms with Gasteiger partial charge in [0.15, 0.2) is 0 Å². The number of benzene rings is 1. The summed E-state index contributed by atoms with van der Waals surface area (Å²) in [5.41, 5.74) is 3.78. The fraction of sp³-hybridized carbons (Fsp3) is 0.474. The number of aryl methyl sites for hydroxylation is 2. The normalized spacial score (nSPS) is 19.0. The number of para-hydroxylation sites is 2. The number of nitrogens with zero attached hydrogens (tertiary/aromatic N) is 3. The van der Waals surface area contributed by atoms with Crippen LogP contribution in [0, 0.1) is 13.8 Å². The number of anilines is 2. The van der Waals surface area contributed by atoms with Crippen LogP contribution in [0.15, 0.2) is 28.8 Å². The molecular formula is C19H25N3O2. The zero-order valence-electron chi connectivity index (χ0n) is 15.0. The Kier molecular flexibility index (Phi) is 4.35. The third kappa shape index (κ3) is 2.68. The Bertz CT molecular complexity index is 733. The number of hydrogen-bond donors (Lipinski definition) is 0. The Hall–Kier alpha value is -2.30. The second kappa shape index (κ2) is 6.30. The molecule has 1 aromatic carbocycles. The number of rotatable bonds is 2. The van der Waals surface area contributed by atoms with Crippen molar-refractivity contribution < 1.29 is 9.32 Å². The summed E-state index contributed by atoms with van der Waals surface area (Å²) in [4.78, 5) is 17.5. The Labute approximate surface area is 143 Å². The molecule has 2 aromatic rings. The third-order valence-electron chi connectivity index (χ3n) is 5.01. The molecule has 0 N–H and O–H groups in total. The van der Waals surface area contributed by atoms with Gasteiger partial charge in [-0.1, -0.05) is 17.3 Å². The van der Waals surface area contributed by atoms with Crippen LogP contribution in [-0.4, -0.2) is 30.7 Å². The predicted molar refractivity (Wildman–Crippen MR) is 95.7 cm³/mol. The van der Waals surface area contributed by atoms with E-state index in [1.165, 1.54) is 0 Å². The number of carbonyl (C=O) groups is 1. The van der Waals surface area contributed by atoms with Crippen molar-refractivity contribution in [1.82, 2.24) is 5.16 Å². The lowest BCUT2D eigenvalue weighted by Crippen LogP contribution is -2.41. The van der Waals surface area contributed by atoms with Gasteiger partial charge in [-0.05, 0) is 46.2 Å². The maximum absolute atomic E-state index is 13.4. The smallest absolute Gasteiger partial charge is 0.234 e. The third-order valence-corrected chi connectivity index (χ3v) is 5.01. The van der Waals surface area contributed by atoms with Gasteiger partial charge in [0.25, 0.3) is 0 Å². The van der Waals surface area contributed by atoms with Crippen molar-refractivity contribution in [3.8, 4) is 0 Å². The molecule has 2 atom stereocenters. The highest BCUT2D eigenvalue weighted by Gasteiger charge is 2.33. The molecule has 0 fully saturated rings. The first-order valence-corrected chi connectivity index (χ1v) is 8.47. The zero-order valence-corrected chi connectivity index (χ0v) is 15.0. The first-order chi connectivity index (χ1) is 11.4. The minimum absolute atomic E-state index is 0.0969. The van der Waals surface area contributed by atoms with Gasteiger partial charge in [0.2, 0.25) is 5.91 Å². The first kappa shape index (κ1) is 16.6. The van der Waals surface area contributed by atoms with Crippen molar-refractivity contribution in [3.05, 3.63) is 41.3 Å². The van der Waals surface area contributed by atoms with Gasteiger partial charge in [0, 0.05) is 25.2 Å². The molecule has 1 aliphatic heterocycles. The topological polar surface area (TPSA) is 49.6 Å². The van der Waals surface area contributed by atoms with Crippen molar-refractivity contribution in [2.75, 3.05) is 23.4 Å². The average Bonchev–Trinajstić information content (AvgIpc) is 2.84. The predicted octanol–water partition coefficient (Wildman–Crippen LogP) is 3.66. The van der Waals surface area contributed by atoms with E-state index in [9.17, 15) is 4.79 Å². The lowest BCUT2D eigenvalue weighted by atomic mass is 9.96. The fourth-order valence-electron chi connectivity index (χ4n) is 3.63. The molecule has 24 heavy (non-hydrogen) atoms. The van der Waals surface area contributed by atoms with E-state index in [0.717, 1.165) is 41.4 Å². The van der Waals surface area contributed by atoms with Gasteiger partial charge in [0.05, 0.1) is 23.0 Å². The Balaban J connectivity index is 2.03. The molecule has 0 unspecified atom stereocenters. The fourth-order valence-corrected chi connectivity index (χ4v) is 3.63. The molecule has 1 aromatic heterocycles. The monoisotopic (exact) mass is 327 g/mol. The van der Waals surface area contributed by atoms with Gasteiger partial charge in [-0.15, -0.1) is 0 Å². The largest absolute Gasteiger partial charge is 0.373 e. The summed E-state index contributed by atoms with van der Waals surface area (Å²) in [5.74, 6) is 0.538. The molecule has 2 heterocycles. The second-order valence-electron chi connectivity index (χ2n) is 6.72. The van der Waals surface area contributed by atoms with Crippen molar-refractivity contribution >= 4 is 17.3 Å². The van der Waals surface area contributed by atoms with Crippen molar-refractivity contribution in [3.63, 3.8) is 0 Å². The van der Waals surface area contributed by atoms with E-state index in [-0.39, 0.29) is 17.9 Å². The first-order valence-electron chi connectivity index (χ1n) is 8.47. The number of carbonyl (C=O) groups excluding carboxylic acids is 1. The minimum Gasteiger partial charge on any atom is -0.373 e. The van der Waals surface area contributed by atoms with Crippen LogP contribution in [0.25, 0.3) is 0 Å². The van der Waals surface area contributed by atoms with Crippen LogP contribution in [0.3, 0.4) is 0 Å². The molecule has 0 saturated carbocycles. The van der Waals surface area contributed by atoms with Crippen molar-refractivity contribution in [2.45, 2.75) is 46.1 Å². The Morgan fingerprint density at radius 3 is 2.58 bits per heavy atom. The molecule has 0 aliphatic carbocycles. The summed E-state index contributed by atoms with van der Waals surface area (Å²) < 4.78 is 5.26. The molecule has 0 saturated heterocycles. The Morgan fingerprint density at radius 2 is 1.96 bits per heavy atom. The van der Waals surface area contributed by atoms with Gasteiger partial charge in [-0.2, -0.15) is 0 Å². The van der Waals surface area contributed by atoms with Gasteiger partial charge in [-0.3, -0.25) is 4.79 Å². The zero-order chi connectivity index (χ0) is 17.4. The van der Waals surface area contributed by atoms with Crippen LogP contribution < -0.4 is 9.80 Å². The maximum atomic E-state index is 13.4. The maximum Gasteiger partial charge on any atom is 0.234 e. The summed E-state index contributed by atoms with van der Waals surface area (Å²) in [6.45, 7) is 8.75. The number of fused-ring (bicyclic) bond motifs is 1. The molecule has 1 amide bonds. The summed E-state index contributed by atoms with van der Waals surface area (Å²) in [6, 6.07) is 8.27. The van der Waals surface area contributed by atoms with Crippen LogP contribution in [0.5, 0.6) is 0 Å². The standard InChI is InChI=1S/C19H25N3O2/c1-12-10-11-21(5)16-8-6-7-9-17(16)22(12)19(23)13(2)18-14(3)20-24-15(18)4/h6-9,12-13H,10-11H2,1-5H3/t12-,13+/m1/s1. The van der Waals surface area contributed by atoms with E-state index < -0.39 is 0 Å². The SMILES string of the molecule is Cc1noc(C)c1[C@H](C)C(=O)N1c2ccccc2N(C)CC[C@H]1C. The van der Waals surface area contributed by atoms with Gasteiger partial charge in [0.1, 0.15) is 5.76 Å². The Morgan fingerprint density at radius 1 is 1.29 bits per heavy atom.